The molecule has 5 nitrogen and oxygen atoms in total. The number of carbonyl (C=O) groups excluding carboxylic acids is 2. The summed E-state index contributed by atoms with van der Waals surface area (Å²) in [6.07, 6.45) is 6.35. The van der Waals surface area contributed by atoms with Gasteiger partial charge in [-0.15, -0.1) is 0 Å². The summed E-state index contributed by atoms with van der Waals surface area (Å²) in [5.74, 6) is -0.169. The lowest BCUT2D eigenvalue weighted by atomic mass is 10.1. The predicted octanol–water partition coefficient (Wildman–Crippen LogP) is 2.72. The van der Waals surface area contributed by atoms with Gasteiger partial charge in [-0.25, -0.2) is 4.79 Å². The van der Waals surface area contributed by atoms with Crippen LogP contribution in [0.25, 0.3) is 0 Å². The normalized spacial score (nSPS) is 21.3. The van der Waals surface area contributed by atoms with Gasteiger partial charge in [-0.2, -0.15) is 0 Å². The van der Waals surface area contributed by atoms with Gasteiger partial charge in [0.15, 0.2) is 0 Å². The van der Waals surface area contributed by atoms with E-state index >= 15 is 0 Å². The van der Waals surface area contributed by atoms with Crippen molar-refractivity contribution >= 4 is 17.6 Å². The molecule has 2 aliphatic rings. The van der Waals surface area contributed by atoms with E-state index < -0.39 is 0 Å². The highest BCUT2D eigenvalue weighted by Gasteiger charge is 2.23. The number of rotatable bonds is 5. The van der Waals surface area contributed by atoms with Crippen molar-refractivity contribution < 1.29 is 14.3 Å². The lowest BCUT2D eigenvalue weighted by Crippen LogP contribution is -2.28. The Bertz CT molecular complexity index is 561. The molecule has 1 amide bonds. The van der Waals surface area contributed by atoms with Gasteiger partial charge in [0.2, 0.25) is 5.91 Å². The number of nitrogens with one attached hydrogen (secondary N) is 2. The minimum Gasteiger partial charge on any atom is -0.460 e. The molecule has 1 aliphatic heterocycles. The average molecular weight is 316 g/mol. The molecule has 124 valence electrons. The highest BCUT2D eigenvalue weighted by molar-refractivity contribution is 5.95. The third kappa shape index (κ3) is 4.32. The summed E-state index contributed by atoms with van der Waals surface area (Å²) in [6, 6.07) is 7.26. The number of amides is 1. The van der Waals surface area contributed by atoms with Gasteiger partial charge in [-0.3, -0.25) is 4.79 Å². The Morgan fingerprint density at radius 3 is 2.74 bits per heavy atom. The first kappa shape index (κ1) is 16.0. The quantitative estimate of drug-likeness (QED) is 0.820. The van der Waals surface area contributed by atoms with Gasteiger partial charge in [0.1, 0.15) is 6.61 Å². The van der Waals surface area contributed by atoms with E-state index in [9.17, 15) is 9.59 Å². The van der Waals surface area contributed by atoms with Gasteiger partial charge >= 0.3 is 5.97 Å². The van der Waals surface area contributed by atoms with Crippen molar-refractivity contribution in [2.45, 2.75) is 44.6 Å². The van der Waals surface area contributed by atoms with Crippen molar-refractivity contribution in [3.8, 4) is 0 Å². The van der Waals surface area contributed by atoms with Gasteiger partial charge in [0, 0.05) is 17.6 Å². The van der Waals surface area contributed by atoms with E-state index in [4.69, 9.17) is 4.74 Å². The van der Waals surface area contributed by atoms with Crippen molar-refractivity contribution in [1.82, 2.24) is 5.32 Å². The standard InChI is InChI=1S/C18H24N2O3/c21-17(13-5-1-2-6-13)20-15-8-3-7-14(11-15)18(22)23-12-16-9-4-10-19-16/h3,7-8,11,13,16,19H,1-2,4-6,9-10,12H2,(H,20,21). The smallest absolute Gasteiger partial charge is 0.338 e. The molecule has 1 heterocycles. The summed E-state index contributed by atoms with van der Waals surface area (Å²) in [6.45, 7) is 1.39. The van der Waals surface area contributed by atoms with Gasteiger partial charge < -0.3 is 15.4 Å². The first-order chi connectivity index (χ1) is 11.2. The minimum absolute atomic E-state index is 0.0585. The van der Waals surface area contributed by atoms with Gasteiger partial charge in [-0.05, 0) is 50.4 Å². The first-order valence-corrected chi connectivity index (χ1v) is 8.54. The molecule has 5 heteroatoms. The molecular formula is C18H24N2O3. The van der Waals surface area contributed by atoms with Crippen molar-refractivity contribution in [3.63, 3.8) is 0 Å². The third-order valence-electron chi connectivity index (χ3n) is 4.67. The molecule has 1 unspecified atom stereocenters. The Morgan fingerprint density at radius 1 is 1.17 bits per heavy atom. The highest BCUT2D eigenvalue weighted by Crippen LogP contribution is 2.26. The monoisotopic (exact) mass is 316 g/mol. The number of esters is 1. The van der Waals surface area contributed by atoms with Crippen LogP contribution < -0.4 is 10.6 Å². The van der Waals surface area contributed by atoms with Crippen LogP contribution in [-0.2, 0) is 9.53 Å². The van der Waals surface area contributed by atoms with Crippen molar-refractivity contribution in [1.29, 1.82) is 0 Å². The van der Waals surface area contributed by atoms with Crippen molar-refractivity contribution in [3.05, 3.63) is 29.8 Å². The Balaban J connectivity index is 1.55. The Hall–Kier alpha value is -1.88. The molecule has 1 saturated heterocycles. The molecule has 0 radical (unpaired) electrons. The van der Waals surface area contributed by atoms with Crippen molar-refractivity contribution in [2.24, 2.45) is 5.92 Å². The molecular weight excluding hydrogens is 292 g/mol. The first-order valence-electron chi connectivity index (χ1n) is 8.54. The Labute approximate surface area is 136 Å². The van der Waals surface area contributed by atoms with Gasteiger partial charge in [0.25, 0.3) is 0 Å². The second kappa shape index (κ2) is 7.59. The zero-order valence-electron chi connectivity index (χ0n) is 13.3. The maximum Gasteiger partial charge on any atom is 0.338 e. The predicted molar refractivity (Wildman–Crippen MR) is 88.3 cm³/mol. The minimum atomic E-state index is -0.337. The number of ether oxygens (including phenoxy) is 1. The van der Waals surface area contributed by atoms with E-state index in [1.807, 2.05) is 6.07 Å². The third-order valence-corrected chi connectivity index (χ3v) is 4.67. The second-order valence-electron chi connectivity index (χ2n) is 6.44. The zero-order valence-corrected chi connectivity index (χ0v) is 13.3. The van der Waals surface area contributed by atoms with Crippen LogP contribution in [0.15, 0.2) is 24.3 Å². The Kier molecular flexibility index (Phi) is 5.28. The van der Waals surface area contributed by atoms with Crippen LogP contribution in [-0.4, -0.2) is 31.1 Å². The number of anilines is 1. The van der Waals surface area contributed by atoms with E-state index in [1.54, 1.807) is 18.2 Å². The van der Waals surface area contributed by atoms with Crippen LogP contribution in [0.1, 0.15) is 48.9 Å². The molecule has 0 bridgehead atoms. The molecule has 2 fully saturated rings. The molecule has 23 heavy (non-hydrogen) atoms. The van der Waals surface area contributed by atoms with Gasteiger partial charge in [0.05, 0.1) is 5.56 Å². The lowest BCUT2D eigenvalue weighted by molar-refractivity contribution is -0.119. The van der Waals surface area contributed by atoms with Crippen LogP contribution in [0.2, 0.25) is 0 Å². The van der Waals surface area contributed by atoms with Crippen LogP contribution >= 0.6 is 0 Å². The van der Waals surface area contributed by atoms with E-state index in [2.05, 4.69) is 10.6 Å². The van der Waals surface area contributed by atoms with Crippen LogP contribution in [0.3, 0.4) is 0 Å². The summed E-state index contributed by atoms with van der Waals surface area (Å²) in [7, 11) is 0. The number of carbonyl (C=O) groups is 2. The maximum atomic E-state index is 12.2. The highest BCUT2D eigenvalue weighted by atomic mass is 16.5. The molecule has 0 spiro atoms. The summed E-state index contributed by atoms with van der Waals surface area (Å²) < 4.78 is 5.36. The van der Waals surface area contributed by atoms with Crippen LogP contribution in [0.5, 0.6) is 0 Å². The molecule has 1 aromatic rings. The van der Waals surface area contributed by atoms with Crippen LogP contribution in [0, 0.1) is 5.92 Å². The molecule has 0 aromatic heterocycles. The van der Waals surface area contributed by atoms with E-state index in [-0.39, 0.29) is 23.8 Å². The molecule has 1 atom stereocenters. The maximum absolute atomic E-state index is 12.2. The topological polar surface area (TPSA) is 67.4 Å². The summed E-state index contributed by atoms with van der Waals surface area (Å²) in [5, 5.41) is 6.22. The fourth-order valence-corrected chi connectivity index (χ4v) is 3.31. The number of hydrogen-bond acceptors (Lipinski definition) is 4. The molecule has 3 rings (SSSR count). The summed E-state index contributed by atoms with van der Waals surface area (Å²) in [5.41, 5.74) is 1.14. The summed E-state index contributed by atoms with van der Waals surface area (Å²) >= 11 is 0. The molecule has 2 N–H and O–H groups in total. The second-order valence-corrected chi connectivity index (χ2v) is 6.44. The van der Waals surface area contributed by atoms with Crippen molar-refractivity contribution in [2.75, 3.05) is 18.5 Å². The largest absolute Gasteiger partial charge is 0.460 e. The van der Waals surface area contributed by atoms with Gasteiger partial charge in [-0.1, -0.05) is 18.9 Å². The Morgan fingerprint density at radius 2 is 2.00 bits per heavy atom. The number of benzene rings is 1. The van der Waals surface area contributed by atoms with E-state index in [1.165, 1.54) is 0 Å². The fraction of sp³-hybridized carbons (Fsp3) is 0.556. The summed E-state index contributed by atoms with van der Waals surface area (Å²) in [4.78, 5) is 24.3. The molecule has 1 saturated carbocycles. The molecule has 1 aromatic carbocycles. The van der Waals surface area contributed by atoms with E-state index in [0.29, 0.717) is 17.9 Å². The average Bonchev–Trinajstić information content (AvgIpc) is 3.26. The number of hydrogen-bond donors (Lipinski definition) is 2. The molecule has 1 aliphatic carbocycles. The van der Waals surface area contributed by atoms with Crippen LogP contribution in [0.4, 0.5) is 5.69 Å². The lowest BCUT2D eigenvalue weighted by Gasteiger charge is -2.13. The SMILES string of the molecule is O=C(OCC1CCCN1)c1cccc(NC(=O)C2CCCC2)c1. The fourth-order valence-electron chi connectivity index (χ4n) is 3.31. The van der Waals surface area contributed by atoms with E-state index in [0.717, 1.165) is 45.1 Å². The zero-order chi connectivity index (χ0) is 16.1.